The lowest BCUT2D eigenvalue weighted by atomic mass is 9.99. The molecule has 2 heteroatoms. The largest absolute Gasteiger partial charge is 0.296 e. The van der Waals surface area contributed by atoms with E-state index in [4.69, 9.17) is 0 Å². The number of nitrogens with zero attached hydrogens (tertiary/aromatic N) is 1. The minimum atomic E-state index is 0.590. The van der Waals surface area contributed by atoms with Crippen molar-refractivity contribution in [2.45, 2.75) is 47.2 Å². The van der Waals surface area contributed by atoms with Crippen molar-refractivity contribution < 1.29 is 0 Å². The van der Waals surface area contributed by atoms with Crippen molar-refractivity contribution in [1.82, 2.24) is 4.90 Å². The second kappa shape index (κ2) is 6.55. The van der Waals surface area contributed by atoms with Crippen molar-refractivity contribution in [3.63, 3.8) is 0 Å². The first-order chi connectivity index (χ1) is 7.95. The van der Waals surface area contributed by atoms with Gasteiger partial charge >= 0.3 is 0 Å². The number of hydrogen-bond acceptors (Lipinski definition) is 1. The van der Waals surface area contributed by atoms with Crippen LogP contribution in [0.5, 0.6) is 0 Å². The number of halogens is 1. The monoisotopic (exact) mass is 297 g/mol. The Labute approximate surface area is 114 Å². The summed E-state index contributed by atoms with van der Waals surface area (Å²) in [6.45, 7) is 13.3. The van der Waals surface area contributed by atoms with Gasteiger partial charge in [-0.25, -0.2) is 0 Å². The highest BCUT2D eigenvalue weighted by Crippen LogP contribution is 2.19. The van der Waals surface area contributed by atoms with E-state index in [9.17, 15) is 0 Å². The van der Waals surface area contributed by atoms with Gasteiger partial charge in [-0.05, 0) is 51.3 Å². The summed E-state index contributed by atoms with van der Waals surface area (Å²) in [5.74, 6) is 0. The average molecular weight is 298 g/mol. The Balaban J connectivity index is 2.93. The summed E-state index contributed by atoms with van der Waals surface area (Å²) in [6.07, 6.45) is 0. The molecular weight excluding hydrogens is 274 g/mol. The highest BCUT2D eigenvalue weighted by atomic mass is 79.9. The van der Waals surface area contributed by atoms with Gasteiger partial charge in [0.2, 0.25) is 0 Å². The van der Waals surface area contributed by atoms with Gasteiger partial charge in [0.15, 0.2) is 0 Å². The third kappa shape index (κ3) is 4.11. The Morgan fingerprint density at radius 3 is 2.06 bits per heavy atom. The van der Waals surface area contributed by atoms with Gasteiger partial charge in [-0.1, -0.05) is 33.6 Å². The predicted octanol–water partition coefficient (Wildman–Crippen LogP) is 4.22. The van der Waals surface area contributed by atoms with Crippen LogP contribution in [0.4, 0.5) is 0 Å². The summed E-state index contributed by atoms with van der Waals surface area (Å²) in [5.41, 5.74) is 5.69. The number of rotatable bonds is 5. The molecule has 96 valence electrons. The summed E-state index contributed by atoms with van der Waals surface area (Å²) in [7, 11) is 0. The maximum atomic E-state index is 3.54. The van der Waals surface area contributed by atoms with E-state index in [0.717, 1.165) is 18.4 Å². The number of alkyl halides is 1. The van der Waals surface area contributed by atoms with Gasteiger partial charge in [-0.15, -0.1) is 0 Å². The predicted molar refractivity (Wildman–Crippen MR) is 80.0 cm³/mol. The summed E-state index contributed by atoms with van der Waals surface area (Å²) in [4.78, 5) is 2.51. The molecule has 0 atom stereocenters. The van der Waals surface area contributed by atoms with E-state index in [1.165, 1.54) is 22.3 Å². The van der Waals surface area contributed by atoms with E-state index in [1.54, 1.807) is 0 Å². The number of hydrogen-bond donors (Lipinski definition) is 0. The van der Waals surface area contributed by atoms with Crippen LogP contribution in [-0.2, 0) is 6.54 Å². The molecule has 0 heterocycles. The lowest BCUT2D eigenvalue weighted by Crippen LogP contribution is -2.32. The quantitative estimate of drug-likeness (QED) is 0.736. The van der Waals surface area contributed by atoms with Crippen molar-refractivity contribution in [3.05, 3.63) is 34.4 Å². The van der Waals surface area contributed by atoms with Crippen LogP contribution in [0.15, 0.2) is 12.1 Å². The summed E-state index contributed by atoms with van der Waals surface area (Å²) >= 11 is 3.54. The molecule has 0 fully saturated rings. The van der Waals surface area contributed by atoms with Crippen molar-refractivity contribution >= 4 is 15.9 Å². The Hall–Kier alpha value is -0.340. The zero-order valence-corrected chi connectivity index (χ0v) is 13.3. The van der Waals surface area contributed by atoms with Crippen molar-refractivity contribution in [1.29, 1.82) is 0 Å². The highest BCUT2D eigenvalue weighted by Gasteiger charge is 2.12. The van der Waals surface area contributed by atoms with Crippen molar-refractivity contribution in [2.75, 3.05) is 11.9 Å². The summed E-state index contributed by atoms with van der Waals surface area (Å²) in [6, 6.07) is 5.16. The van der Waals surface area contributed by atoms with Gasteiger partial charge in [0.25, 0.3) is 0 Å². The van der Waals surface area contributed by atoms with E-state index < -0.39 is 0 Å². The van der Waals surface area contributed by atoms with Gasteiger partial charge in [0, 0.05) is 24.5 Å². The van der Waals surface area contributed by atoms with Gasteiger partial charge in [-0.2, -0.15) is 0 Å². The molecule has 0 radical (unpaired) electrons. The molecule has 1 aromatic rings. The molecule has 0 saturated heterocycles. The SMILES string of the molecule is Cc1cc(C)c(CN(CCBr)C(C)C)c(C)c1. The summed E-state index contributed by atoms with van der Waals surface area (Å²) < 4.78 is 0. The van der Waals surface area contributed by atoms with Gasteiger partial charge in [0.05, 0.1) is 0 Å². The van der Waals surface area contributed by atoms with E-state index in [2.05, 4.69) is 67.6 Å². The van der Waals surface area contributed by atoms with Crippen LogP contribution >= 0.6 is 15.9 Å². The standard InChI is InChI=1S/C15H24BrN/c1-11(2)17(7-6-16)10-15-13(4)8-12(3)9-14(15)5/h8-9,11H,6-7,10H2,1-5H3. The molecule has 0 aliphatic heterocycles. The van der Waals surface area contributed by atoms with E-state index in [1.807, 2.05) is 0 Å². The number of benzene rings is 1. The Kier molecular flexibility index (Phi) is 5.68. The normalized spacial score (nSPS) is 11.5. The van der Waals surface area contributed by atoms with Crippen LogP contribution in [0, 0.1) is 20.8 Å². The fourth-order valence-corrected chi connectivity index (χ4v) is 2.75. The molecule has 17 heavy (non-hydrogen) atoms. The Morgan fingerprint density at radius 1 is 1.12 bits per heavy atom. The smallest absolute Gasteiger partial charge is 0.0242 e. The molecule has 1 nitrogen and oxygen atoms in total. The van der Waals surface area contributed by atoms with Crippen LogP contribution < -0.4 is 0 Å². The molecule has 0 N–H and O–H groups in total. The van der Waals surface area contributed by atoms with Crippen molar-refractivity contribution in [2.24, 2.45) is 0 Å². The second-order valence-corrected chi connectivity index (χ2v) is 5.92. The Morgan fingerprint density at radius 2 is 1.65 bits per heavy atom. The van der Waals surface area contributed by atoms with Crippen LogP contribution in [-0.4, -0.2) is 22.8 Å². The van der Waals surface area contributed by atoms with E-state index >= 15 is 0 Å². The summed E-state index contributed by atoms with van der Waals surface area (Å²) in [5, 5.41) is 1.04. The third-order valence-corrected chi connectivity index (χ3v) is 3.66. The fraction of sp³-hybridized carbons (Fsp3) is 0.600. The molecule has 1 rings (SSSR count). The maximum Gasteiger partial charge on any atom is 0.0242 e. The second-order valence-electron chi connectivity index (χ2n) is 5.13. The van der Waals surface area contributed by atoms with E-state index in [0.29, 0.717) is 6.04 Å². The van der Waals surface area contributed by atoms with Crippen molar-refractivity contribution in [3.8, 4) is 0 Å². The number of aryl methyl sites for hydroxylation is 3. The van der Waals surface area contributed by atoms with Crippen LogP contribution in [0.3, 0.4) is 0 Å². The third-order valence-electron chi connectivity index (χ3n) is 3.30. The molecule has 0 amide bonds. The molecule has 0 aliphatic carbocycles. The lowest BCUT2D eigenvalue weighted by Gasteiger charge is -2.27. The molecule has 0 bridgehead atoms. The molecule has 0 aliphatic rings. The lowest BCUT2D eigenvalue weighted by molar-refractivity contribution is 0.226. The van der Waals surface area contributed by atoms with Gasteiger partial charge in [-0.3, -0.25) is 4.90 Å². The van der Waals surface area contributed by atoms with Gasteiger partial charge in [0.1, 0.15) is 0 Å². The minimum absolute atomic E-state index is 0.590. The van der Waals surface area contributed by atoms with Gasteiger partial charge < -0.3 is 0 Å². The first kappa shape index (κ1) is 14.7. The first-order valence-electron chi connectivity index (χ1n) is 6.32. The van der Waals surface area contributed by atoms with Crippen LogP contribution in [0.1, 0.15) is 36.1 Å². The minimum Gasteiger partial charge on any atom is -0.296 e. The molecular formula is C15H24BrN. The van der Waals surface area contributed by atoms with Crippen LogP contribution in [0.25, 0.3) is 0 Å². The zero-order chi connectivity index (χ0) is 13.0. The molecule has 0 saturated carbocycles. The zero-order valence-electron chi connectivity index (χ0n) is 11.7. The molecule has 0 spiro atoms. The fourth-order valence-electron chi connectivity index (χ4n) is 2.29. The average Bonchev–Trinajstić information content (AvgIpc) is 2.21. The highest BCUT2D eigenvalue weighted by molar-refractivity contribution is 9.09. The Bertz CT molecular complexity index is 348. The maximum absolute atomic E-state index is 3.54. The van der Waals surface area contributed by atoms with E-state index in [-0.39, 0.29) is 0 Å². The molecule has 1 aromatic carbocycles. The molecule has 0 aromatic heterocycles. The first-order valence-corrected chi connectivity index (χ1v) is 7.44. The van der Waals surface area contributed by atoms with Crippen LogP contribution in [0.2, 0.25) is 0 Å². The molecule has 0 unspecified atom stereocenters. The topological polar surface area (TPSA) is 3.24 Å².